The monoisotopic (exact) mass is 262 g/mol. The van der Waals surface area contributed by atoms with Gasteiger partial charge in [-0.25, -0.2) is 0 Å². The molecular weight excluding hydrogens is 224 g/mol. The molecule has 0 aromatic rings. The molecule has 3 heteroatoms. The highest BCUT2D eigenvalue weighted by Gasteiger charge is 2.10. The molecular formula is C15H38N2O. The molecule has 0 aliphatic rings. The summed E-state index contributed by atoms with van der Waals surface area (Å²) in [5.74, 6) is 0. The van der Waals surface area contributed by atoms with Gasteiger partial charge in [0.1, 0.15) is 0 Å². The average Bonchev–Trinajstić information content (AvgIpc) is 1.98. The van der Waals surface area contributed by atoms with Crippen LogP contribution in [0.4, 0.5) is 0 Å². The van der Waals surface area contributed by atoms with Gasteiger partial charge >= 0.3 is 0 Å². The molecule has 0 bridgehead atoms. The molecule has 3 nitrogen and oxygen atoms in total. The Labute approximate surface area is 116 Å². The molecule has 0 rings (SSSR count). The molecule has 0 unspecified atom stereocenters. The third-order valence-electron chi connectivity index (χ3n) is 1.95. The highest BCUT2D eigenvalue weighted by molar-refractivity contribution is 4.68. The first-order valence-corrected chi connectivity index (χ1v) is 6.52. The summed E-state index contributed by atoms with van der Waals surface area (Å²) < 4.78 is 4.94. The van der Waals surface area contributed by atoms with Gasteiger partial charge in [-0.3, -0.25) is 0 Å². The highest BCUT2D eigenvalue weighted by Crippen LogP contribution is 2.05. The molecule has 114 valence electrons. The van der Waals surface area contributed by atoms with E-state index in [1.807, 2.05) is 41.5 Å². The Morgan fingerprint density at radius 1 is 0.778 bits per heavy atom. The second kappa shape index (κ2) is 8.89. The summed E-state index contributed by atoms with van der Waals surface area (Å²) >= 11 is 0. The molecule has 18 heavy (non-hydrogen) atoms. The van der Waals surface area contributed by atoms with Gasteiger partial charge in [-0.05, 0) is 76.4 Å². The number of hydrogen-bond donors (Lipinski definition) is 1. The van der Waals surface area contributed by atoms with E-state index in [0.29, 0.717) is 5.54 Å². The minimum Gasteiger partial charge on any atom is -0.379 e. The molecule has 0 amide bonds. The minimum atomic E-state index is 0. The molecule has 0 radical (unpaired) electrons. The Morgan fingerprint density at radius 2 is 0.889 bits per heavy atom. The maximum Gasteiger partial charge on any atom is 0.0594 e. The summed E-state index contributed by atoms with van der Waals surface area (Å²) in [6.45, 7) is 18.5. The van der Waals surface area contributed by atoms with Crippen molar-refractivity contribution in [3.05, 3.63) is 0 Å². The molecule has 0 spiro atoms. The lowest BCUT2D eigenvalue weighted by Gasteiger charge is -2.27. The zero-order chi connectivity index (χ0) is 15.8. The predicted octanol–water partition coefficient (Wildman–Crippen LogP) is 3.52. The highest BCUT2D eigenvalue weighted by atomic mass is 16.5. The molecule has 0 atom stereocenters. The van der Waals surface area contributed by atoms with Crippen LogP contribution >= 0.6 is 0 Å². The molecule has 0 aromatic carbocycles. The van der Waals surface area contributed by atoms with Crippen molar-refractivity contribution in [2.24, 2.45) is 5.73 Å². The standard InChI is InChI=1S/C6H15N.C5H12O.C4H11N/c1-6(2,3)7(4)5;1-5(2,3)6-4;1-4(2,3)5/h1-5H3;1-4H3;5H2,1-3H3. The first-order chi connectivity index (χ1) is 7.50. The van der Waals surface area contributed by atoms with Crippen LogP contribution in [-0.2, 0) is 4.74 Å². The zero-order valence-corrected chi connectivity index (χ0v) is 14.9. The SMILES string of the molecule is CC(C)(C)N.CN(C)C(C)(C)C.COC(C)(C)C. The van der Waals surface area contributed by atoms with Gasteiger partial charge in [0.15, 0.2) is 0 Å². The van der Waals surface area contributed by atoms with Crippen LogP contribution < -0.4 is 5.73 Å². The fraction of sp³-hybridized carbons (Fsp3) is 1.00. The molecule has 0 aromatic heterocycles. The van der Waals surface area contributed by atoms with Crippen molar-refractivity contribution in [1.82, 2.24) is 4.90 Å². The number of methoxy groups -OCH3 is 1. The summed E-state index contributed by atoms with van der Waals surface area (Å²) in [6.07, 6.45) is 0. The average molecular weight is 262 g/mol. The molecule has 0 saturated heterocycles. The smallest absolute Gasteiger partial charge is 0.0594 e. The van der Waals surface area contributed by atoms with Gasteiger partial charge in [0.25, 0.3) is 0 Å². The second-order valence-corrected chi connectivity index (χ2v) is 7.75. The molecule has 0 fully saturated rings. The van der Waals surface area contributed by atoms with Gasteiger partial charge in [0.05, 0.1) is 5.60 Å². The summed E-state index contributed by atoms with van der Waals surface area (Å²) in [5.41, 5.74) is 5.73. The van der Waals surface area contributed by atoms with Crippen LogP contribution in [0.5, 0.6) is 0 Å². The van der Waals surface area contributed by atoms with Gasteiger partial charge in [0.2, 0.25) is 0 Å². The fourth-order valence-corrected chi connectivity index (χ4v) is 0. The quantitative estimate of drug-likeness (QED) is 0.726. The molecule has 0 aliphatic carbocycles. The van der Waals surface area contributed by atoms with Crippen LogP contribution in [0.3, 0.4) is 0 Å². The molecule has 0 saturated carbocycles. The Bertz CT molecular complexity index is 174. The minimum absolute atomic E-state index is 0. The number of nitrogens with zero attached hydrogens (tertiary/aromatic N) is 1. The van der Waals surface area contributed by atoms with Crippen molar-refractivity contribution >= 4 is 0 Å². The zero-order valence-electron chi connectivity index (χ0n) is 14.9. The van der Waals surface area contributed by atoms with Gasteiger partial charge in [-0.1, -0.05) is 0 Å². The van der Waals surface area contributed by atoms with Crippen LogP contribution in [0.2, 0.25) is 0 Å². The van der Waals surface area contributed by atoms with Crippen LogP contribution in [0.25, 0.3) is 0 Å². The maximum absolute atomic E-state index is 5.35. The summed E-state index contributed by atoms with van der Waals surface area (Å²) in [6, 6.07) is 0. The van der Waals surface area contributed by atoms with E-state index in [4.69, 9.17) is 10.5 Å². The Balaban J connectivity index is -0.000000190. The topological polar surface area (TPSA) is 38.5 Å². The second-order valence-electron chi connectivity index (χ2n) is 7.75. The van der Waals surface area contributed by atoms with Crippen LogP contribution in [0, 0.1) is 0 Å². The van der Waals surface area contributed by atoms with Crippen LogP contribution in [-0.4, -0.2) is 42.8 Å². The summed E-state index contributed by atoms with van der Waals surface area (Å²) in [4.78, 5) is 2.19. The third kappa shape index (κ3) is 44.6. The van der Waals surface area contributed by atoms with Crippen molar-refractivity contribution < 1.29 is 4.74 Å². The largest absolute Gasteiger partial charge is 0.379 e. The Hall–Kier alpha value is -0.120. The lowest BCUT2D eigenvalue weighted by molar-refractivity contribution is 0.0397. The first-order valence-electron chi connectivity index (χ1n) is 6.52. The summed E-state index contributed by atoms with van der Waals surface area (Å²) in [5, 5.41) is 0. The molecule has 0 heterocycles. The first kappa shape index (κ1) is 23.0. The number of hydrogen-bond acceptors (Lipinski definition) is 3. The fourth-order valence-electron chi connectivity index (χ4n) is 0. The van der Waals surface area contributed by atoms with E-state index in [1.165, 1.54) is 0 Å². The van der Waals surface area contributed by atoms with E-state index < -0.39 is 0 Å². The lowest BCUT2D eigenvalue weighted by Crippen LogP contribution is -2.34. The number of ether oxygens (including phenoxy) is 1. The van der Waals surface area contributed by atoms with E-state index in [0.717, 1.165) is 0 Å². The normalized spacial score (nSPS) is 12.3. The van der Waals surface area contributed by atoms with Gasteiger partial charge in [0, 0.05) is 18.2 Å². The number of rotatable bonds is 0. The van der Waals surface area contributed by atoms with E-state index in [-0.39, 0.29) is 11.1 Å². The van der Waals surface area contributed by atoms with Gasteiger partial charge in [-0.2, -0.15) is 0 Å². The van der Waals surface area contributed by atoms with E-state index in [1.54, 1.807) is 7.11 Å². The Kier molecular flexibility index (Phi) is 11.4. The van der Waals surface area contributed by atoms with Crippen molar-refractivity contribution in [3.8, 4) is 0 Å². The van der Waals surface area contributed by atoms with Crippen molar-refractivity contribution in [1.29, 1.82) is 0 Å². The van der Waals surface area contributed by atoms with Gasteiger partial charge < -0.3 is 15.4 Å². The van der Waals surface area contributed by atoms with Crippen LogP contribution in [0.15, 0.2) is 0 Å². The maximum atomic E-state index is 5.35. The van der Waals surface area contributed by atoms with Crippen LogP contribution in [0.1, 0.15) is 62.3 Å². The van der Waals surface area contributed by atoms with Crippen molar-refractivity contribution in [2.75, 3.05) is 21.2 Å². The predicted molar refractivity (Wildman–Crippen MR) is 84.1 cm³/mol. The number of nitrogens with two attached hydrogens (primary N) is 1. The van der Waals surface area contributed by atoms with Crippen molar-refractivity contribution in [2.45, 2.75) is 79.0 Å². The molecule has 0 aliphatic heterocycles. The molecule has 2 N–H and O–H groups in total. The van der Waals surface area contributed by atoms with E-state index in [9.17, 15) is 0 Å². The lowest BCUT2D eigenvalue weighted by atomic mass is 10.1. The van der Waals surface area contributed by atoms with Crippen molar-refractivity contribution in [3.63, 3.8) is 0 Å². The third-order valence-corrected chi connectivity index (χ3v) is 1.95. The van der Waals surface area contributed by atoms with Gasteiger partial charge in [-0.15, -0.1) is 0 Å². The van der Waals surface area contributed by atoms with E-state index >= 15 is 0 Å². The summed E-state index contributed by atoms with van der Waals surface area (Å²) in [7, 11) is 5.88. The Morgan fingerprint density at radius 3 is 0.889 bits per heavy atom. The van der Waals surface area contributed by atoms with E-state index in [2.05, 4.69) is 39.8 Å².